The van der Waals surface area contributed by atoms with Gasteiger partial charge in [0, 0.05) is 23.1 Å². The van der Waals surface area contributed by atoms with Crippen molar-refractivity contribution in [3.63, 3.8) is 0 Å². The number of benzene rings is 1. The normalized spacial score (nSPS) is 28.9. The Bertz CT molecular complexity index is 858. The lowest BCUT2D eigenvalue weighted by molar-refractivity contribution is -0.124. The molecular weight excluding hydrogens is 334 g/mol. The summed E-state index contributed by atoms with van der Waals surface area (Å²) in [7, 11) is 0. The number of ketones is 1. The minimum atomic E-state index is -1.36. The molecule has 0 bridgehead atoms. The fourth-order valence-corrected chi connectivity index (χ4v) is 4.38. The maximum atomic E-state index is 13.1. The van der Waals surface area contributed by atoms with E-state index in [1.165, 1.54) is 0 Å². The number of carbonyl (C=O) groups is 1. The molecule has 1 saturated carbocycles. The van der Waals surface area contributed by atoms with Crippen LogP contribution in [-0.4, -0.2) is 22.8 Å². The van der Waals surface area contributed by atoms with Crippen LogP contribution in [0.1, 0.15) is 24.3 Å². The van der Waals surface area contributed by atoms with Gasteiger partial charge < -0.3 is 4.90 Å². The number of carbonyl (C=O) groups excluding carboxylic acids is 1. The first-order chi connectivity index (χ1) is 12.1. The second-order valence-corrected chi connectivity index (χ2v) is 7.24. The van der Waals surface area contributed by atoms with Crippen LogP contribution in [-0.2, 0) is 4.79 Å². The standard InChI is InChI=1S/C20H16ClN3O/c21-15-6-2-1-5-14(15)17-18(19(25)13-8-9-13)24-10-4-3-7-16(24)20(17,11-22)12-23/h1-7,10,13,16-18H,8-9H2/t16-,17+,18+/m1/s1. The molecule has 4 rings (SSSR count). The number of fused-ring (bicyclic) bond motifs is 1. The second kappa shape index (κ2) is 5.76. The van der Waals surface area contributed by atoms with E-state index < -0.39 is 23.4 Å². The fourth-order valence-electron chi connectivity index (χ4n) is 4.13. The second-order valence-electron chi connectivity index (χ2n) is 6.83. The SMILES string of the molecule is N#CC1(C#N)[C@@H](c2ccccc2Cl)[C@@H](C(=O)C2CC2)N2C=CC=C[C@@H]21. The van der Waals surface area contributed by atoms with E-state index >= 15 is 0 Å². The number of nitriles is 2. The molecule has 1 aliphatic carbocycles. The van der Waals surface area contributed by atoms with Gasteiger partial charge in [-0.15, -0.1) is 0 Å². The average Bonchev–Trinajstić information content (AvgIpc) is 3.44. The molecular formula is C20H16ClN3O. The quantitative estimate of drug-likeness (QED) is 0.836. The molecule has 3 atom stereocenters. The first-order valence-electron chi connectivity index (χ1n) is 8.37. The number of allylic oxidation sites excluding steroid dienone is 2. The van der Waals surface area contributed by atoms with Crippen molar-refractivity contribution in [2.24, 2.45) is 11.3 Å². The minimum Gasteiger partial charge on any atom is -0.358 e. The molecule has 1 saturated heterocycles. The van der Waals surface area contributed by atoms with Crippen molar-refractivity contribution in [2.75, 3.05) is 0 Å². The van der Waals surface area contributed by atoms with Gasteiger partial charge in [0.05, 0.1) is 24.2 Å². The predicted octanol–water partition coefficient (Wildman–Crippen LogP) is 3.57. The van der Waals surface area contributed by atoms with Crippen LogP contribution in [0.15, 0.2) is 48.7 Å². The van der Waals surface area contributed by atoms with Crippen LogP contribution in [0, 0.1) is 34.0 Å². The van der Waals surface area contributed by atoms with E-state index in [-0.39, 0.29) is 11.7 Å². The smallest absolute Gasteiger partial charge is 0.176 e. The Labute approximate surface area is 151 Å². The lowest BCUT2D eigenvalue weighted by Crippen LogP contribution is -2.40. The summed E-state index contributed by atoms with van der Waals surface area (Å²) in [5.74, 6) is -0.438. The molecule has 3 aliphatic rings. The molecule has 0 amide bonds. The zero-order valence-electron chi connectivity index (χ0n) is 13.5. The number of hydrogen-bond acceptors (Lipinski definition) is 4. The lowest BCUT2D eigenvalue weighted by Gasteiger charge is -2.29. The van der Waals surface area contributed by atoms with Crippen LogP contribution >= 0.6 is 11.6 Å². The topological polar surface area (TPSA) is 67.9 Å². The first kappa shape index (κ1) is 15.9. The Morgan fingerprint density at radius 2 is 1.92 bits per heavy atom. The van der Waals surface area contributed by atoms with E-state index in [2.05, 4.69) is 12.1 Å². The van der Waals surface area contributed by atoms with Gasteiger partial charge in [-0.05, 0) is 30.5 Å². The summed E-state index contributed by atoms with van der Waals surface area (Å²) >= 11 is 6.42. The molecule has 124 valence electrons. The third kappa shape index (κ3) is 2.22. The molecule has 2 heterocycles. The summed E-state index contributed by atoms with van der Waals surface area (Å²) in [6.07, 6.45) is 9.12. The van der Waals surface area contributed by atoms with E-state index in [0.29, 0.717) is 10.6 Å². The Morgan fingerprint density at radius 3 is 2.56 bits per heavy atom. The molecule has 0 radical (unpaired) electrons. The number of nitrogens with zero attached hydrogens (tertiary/aromatic N) is 3. The average molecular weight is 350 g/mol. The summed E-state index contributed by atoms with van der Waals surface area (Å²) in [5, 5.41) is 20.5. The van der Waals surface area contributed by atoms with Crippen molar-refractivity contribution in [1.29, 1.82) is 10.5 Å². The van der Waals surface area contributed by atoms with Crippen molar-refractivity contribution < 1.29 is 4.79 Å². The fraction of sp³-hybridized carbons (Fsp3) is 0.350. The zero-order valence-corrected chi connectivity index (χ0v) is 14.2. The number of halogens is 1. The van der Waals surface area contributed by atoms with Gasteiger partial charge in [0.15, 0.2) is 11.2 Å². The van der Waals surface area contributed by atoms with Crippen LogP contribution in [0.2, 0.25) is 5.02 Å². The predicted molar refractivity (Wildman–Crippen MR) is 93.3 cm³/mol. The highest BCUT2D eigenvalue weighted by Crippen LogP contribution is 2.55. The van der Waals surface area contributed by atoms with Gasteiger partial charge in [-0.2, -0.15) is 10.5 Å². The van der Waals surface area contributed by atoms with E-state index in [9.17, 15) is 15.3 Å². The molecule has 2 fully saturated rings. The summed E-state index contributed by atoms with van der Waals surface area (Å²) in [5.41, 5.74) is -0.663. The highest BCUT2D eigenvalue weighted by Gasteiger charge is 2.63. The van der Waals surface area contributed by atoms with Crippen molar-refractivity contribution in [1.82, 2.24) is 4.90 Å². The Kier molecular flexibility index (Phi) is 3.67. The van der Waals surface area contributed by atoms with Gasteiger partial charge in [-0.25, -0.2) is 0 Å². The third-order valence-corrected chi connectivity index (χ3v) is 5.80. The van der Waals surface area contributed by atoms with E-state index in [1.807, 2.05) is 47.5 Å². The van der Waals surface area contributed by atoms with Crippen LogP contribution < -0.4 is 0 Å². The largest absolute Gasteiger partial charge is 0.358 e. The summed E-state index contributed by atoms with van der Waals surface area (Å²) in [6.45, 7) is 0. The monoisotopic (exact) mass is 349 g/mol. The van der Waals surface area contributed by atoms with Crippen molar-refractivity contribution in [3.8, 4) is 12.1 Å². The summed E-state index contributed by atoms with van der Waals surface area (Å²) in [4.78, 5) is 15.0. The van der Waals surface area contributed by atoms with E-state index in [0.717, 1.165) is 12.8 Å². The molecule has 1 aromatic carbocycles. The third-order valence-electron chi connectivity index (χ3n) is 5.46. The minimum absolute atomic E-state index is 0.0307. The zero-order chi connectivity index (χ0) is 17.6. The van der Waals surface area contributed by atoms with E-state index in [4.69, 9.17) is 11.6 Å². The molecule has 0 spiro atoms. The van der Waals surface area contributed by atoms with Crippen molar-refractivity contribution in [2.45, 2.75) is 30.8 Å². The Balaban J connectivity index is 1.94. The first-order valence-corrected chi connectivity index (χ1v) is 8.75. The summed E-state index contributed by atoms with van der Waals surface area (Å²) in [6, 6.07) is 10.7. The summed E-state index contributed by atoms with van der Waals surface area (Å²) < 4.78 is 0. The van der Waals surface area contributed by atoms with E-state index in [1.54, 1.807) is 6.07 Å². The van der Waals surface area contributed by atoms with Crippen molar-refractivity contribution >= 4 is 17.4 Å². The molecule has 2 aliphatic heterocycles. The Morgan fingerprint density at radius 1 is 1.20 bits per heavy atom. The molecule has 25 heavy (non-hydrogen) atoms. The van der Waals surface area contributed by atoms with Crippen LogP contribution in [0.3, 0.4) is 0 Å². The highest BCUT2D eigenvalue weighted by atomic mass is 35.5. The molecule has 0 unspecified atom stereocenters. The molecule has 4 nitrogen and oxygen atoms in total. The molecule has 0 N–H and O–H groups in total. The lowest BCUT2D eigenvalue weighted by atomic mass is 9.69. The van der Waals surface area contributed by atoms with Gasteiger partial charge in [-0.1, -0.05) is 42.0 Å². The number of Topliss-reactive ketones (excluding diaryl/α,β-unsaturated/α-hetero) is 1. The van der Waals surface area contributed by atoms with Crippen molar-refractivity contribution in [3.05, 3.63) is 59.3 Å². The van der Waals surface area contributed by atoms with Gasteiger partial charge in [-0.3, -0.25) is 4.79 Å². The Hall–Kier alpha value is -2.56. The van der Waals surface area contributed by atoms with Gasteiger partial charge >= 0.3 is 0 Å². The molecule has 1 aromatic rings. The van der Waals surface area contributed by atoms with Gasteiger partial charge in [0.1, 0.15) is 0 Å². The number of hydrogen-bond donors (Lipinski definition) is 0. The molecule has 0 aromatic heterocycles. The number of rotatable bonds is 3. The van der Waals surface area contributed by atoms with Crippen LogP contribution in [0.5, 0.6) is 0 Å². The van der Waals surface area contributed by atoms with Gasteiger partial charge in [0.25, 0.3) is 0 Å². The van der Waals surface area contributed by atoms with Crippen LogP contribution in [0.4, 0.5) is 0 Å². The van der Waals surface area contributed by atoms with Gasteiger partial charge in [0.2, 0.25) is 0 Å². The molecule has 5 heteroatoms. The highest BCUT2D eigenvalue weighted by molar-refractivity contribution is 6.31. The maximum Gasteiger partial charge on any atom is 0.176 e. The van der Waals surface area contributed by atoms with Crippen LogP contribution in [0.25, 0.3) is 0 Å². The maximum absolute atomic E-state index is 13.1.